The van der Waals surface area contributed by atoms with E-state index in [1.54, 1.807) is 0 Å². The fourth-order valence-corrected chi connectivity index (χ4v) is 6.94. The summed E-state index contributed by atoms with van der Waals surface area (Å²) in [6.07, 6.45) is -47.0. The van der Waals surface area contributed by atoms with E-state index >= 15 is 0 Å². The summed E-state index contributed by atoms with van der Waals surface area (Å²) in [5.74, 6) is 0. The Labute approximate surface area is 316 Å². The molecule has 0 radical (unpaired) electrons. The van der Waals surface area contributed by atoms with Crippen LogP contribution in [0.15, 0.2) is 0 Å². The third kappa shape index (κ3) is 9.16. The Morgan fingerprint density at radius 3 is 0.732 bits per heavy atom. The highest BCUT2D eigenvalue weighted by Crippen LogP contribution is 2.35. The second kappa shape index (κ2) is 19.6. The van der Waals surface area contributed by atoms with Crippen LogP contribution in [0.4, 0.5) is 0 Å². The molecule has 328 valence electrons. The summed E-state index contributed by atoms with van der Waals surface area (Å²) in [6.45, 7) is -4.57. The van der Waals surface area contributed by atoms with Crippen molar-refractivity contribution in [2.75, 3.05) is 33.0 Å². The van der Waals surface area contributed by atoms with Crippen molar-refractivity contribution >= 4 is 0 Å². The Morgan fingerprint density at radius 2 is 0.464 bits per heavy atom. The largest absolute Gasteiger partial charge is 0.394 e. The highest BCUT2D eigenvalue weighted by Gasteiger charge is 2.56. The molecule has 0 aromatic rings. The van der Waals surface area contributed by atoms with Crippen LogP contribution >= 0.6 is 0 Å². The molecule has 0 aliphatic carbocycles. The quantitative estimate of drug-likeness (QED) is 0.0819. The van der Waals surface area contributed by atoms with E-state index in [9.17, 15) is 86.8 Å². The first kappa shape index (κ1) is 46.0. The monoisotopic (exact) mass is 828 g/mol. The molecule has 0 saturated carbocycles. The predicted molar refractivity (Wildman–Crippen MR) is 167 cm³/mol. The minimum atomic E-state index is -2.17. The normalized spacial score (nSPS) is 53.2. The van der Waals surface area contributed by atoms with Gasteiger partial charge in [0.15, 0.2) is 31.5 Å². The average Bonchev–Trinajstić information content (AvgIpc) is 3.19. The zero-order valence-corrected chi connectivity index (χ0v) is 29.2. The number of ether oxygens (including phenoxy) is 9. The van der Waals surface area contributed by atoms with Gasteiger partial charge in [0.1, 0.15) is 122 Å². The zero-order valence-electron chi connectivity index (χ0n) is 29.2. The number of hydrogen-bond donors (Lipinski definition) is 17. The van der Waals surface area contributed by atoms with Gasteiger partial charge in [0.05, 0.1) is 33.0 Å². The molecule has 0 aromatic heterocycles. The fourth-order valence-electron chi connectivity index (χ4n) is 6.94. The first-order chi connectivity index (χ1) is 26.5. The number of aliphatic hydroxyl groups is 17. The SMILES string of the molecule is OCC1OC(OC2OC(CO)C(O)C(OC3OC(CO)C(O)C(OC4OC(CO)C(O)C(OC5OC(CO)C(O)C(O)C5O)C4O)C3O)C2O)C(O)C(O)C1O. The standard InChI is InChI=1S/C30H52O26/c31-1-6-11(36)16(41)18(43)26(48-6)53-23-13(38)8(3-33)50-28(20(23)45)54-24-14(39)9(4-34)51-29(21(24)46)55-25-15(40)10(5-35)52-30(22(25)47)56-27-19(44)17(42)12(37)7(2-32)49-27/h6-47H,1-5H2. The Balaban J connectivity index is 1.33. The molecule has 17 N–H and O–H groups in total. The van der Waals surface area contributed by atoms with E-state index in [1.807, 2.05) is 0 Å². The van der Waals surface area contributed by atoms with Crippen molar-refractivity contribution in [3.8, 4) is 0 Å². The summed E-state index contributed by atoms with van der Waals surface area (Å²) in [7, 11) is 0. The van der Waals surface area contributed by atoms with Crippen molar-refractivity contribution in [1.29, 1.82) is 0 Å². The lowest BCUT2D eigenvalue weighted by atomic mass is 9.95. The summed E-state index contributed by atoms with van der Waals surface area (Å²) < 4.78 is 49.2. The summed E-state index contributed by atoms with van der Waals surface area (Å²) in [6, 6.07) is 0. The minimum absolute atomic E-state index is 0.837. The Morgan fingerprint density at radius 1 is 0.250 bits per heavy atom. The predicted octanol–water partition coefficient (Wildman–Crippen LogP) is -11.9. The van der Waals surface area contributed by atoms with Crippen LogP contribution in [-0.4, -0.2) is 273 Å². The molecule has 0 bridgehead atoms. The topological polar surface area (TPSA) is 427 Å². The smallest absolute Gasteiger partial charge is 0.189 e. The van der Waals surface area contributed by atoms with Gasteiger partial charge < -0.3 is 129 Å². The van der Waals surface area contributed by atoms with Gasteiger partial charge >= 0.3 is 0 Å². The lowest BCUT2D eigenvalue weighted by Crippen LogP contribution is -2.68. The highest BCUT2D eigenvalue weighted by atomic mass is 16.8. The van der Waals surface area contributed by atoms with Crippen molar-refractivity contribution < 1.29 is 129 Å². The maximum Gasteiger partial charge on any atom is 0.189 e. The van der Waals surface area contributed by atoms with E-state index in [1.165, 1.54) is 0 Å². The van der Waals surface area contributed by atoms with Crippen LogP contribution in [0.25, 0.3) is 0 Å². The molecular weight excluding hydrogens is 776 g/mol. The molecule has 5 rings (SSSR count). The van der Waals surface area contributed by atoms with Gasteiger partial charge in [0.2, 0.25) is 0 Å². The van der Waals surface area contributed by atoms with Crippen LogP contribution in [0.5, 0.6) is 0 Å². The van der Waals surface area contributed by atoms with Gasteiger partial charge in [-0.2, -0.15) is 0 Å². The molecule has 5 aliphatic heterocycles. The molecule has 26 nitrogen and oxygen atoms in total. The van der Waals surface area contributed by atoms with Crippen LogP contribution in [0.2, 0.25) is 0 Å². The molecule has 5 aliphatic rings. The van der Waals surface area contributed by atoms with Gasteiger partial charge in [-0.15, -0.1) is 0 Å². The molecule has 5 saturated heterocycles. The minimum Gasteiger partial charge on any atom is -0.394 e. The van der Waals surface area contributed by atoms with E-state index in [0.717, 1.165) is 0 Å². The van der Waals surface area contributed by atoms with Crippen LogP contribution in [0, 0.1) is 0 Å². The van der Waals surface area contributed by atoms with Crippen LogP contribution in [0.3, 0.4) is 0 Å². The maximum atomic E-state index is 11.4. The van der Waals surface area contributed by atoms with Gasteiger partial charge in [-0.25, -0.2) is 0 Å². The molecule has 0 aromatic carbocycles. The van der Waals surface area contributed by atoms with Crippen LogP contribution in [-0.2, 0) is 42.6 Å². The first-order valence-electron chi connectivity index (χ1n) is 17.6. The van der Waals surface area contributed by atoms with E-state index in [0.29, 0.717) is 0 Å². The molecule has 25 atom stereocenters. The first-order valence-corrected chi connectivity index (χ1v) is 17.6. The third-order valence-electron chi connectivity index (χ3n) is 10.3. The van der Waals surface area contributed by atoms with Crippen molar-refractivity contribution in [2.24, 2.45) is 0 Å². The number of rotatable bonds is 13. The Hall–Kier alpha value is -1.04. The fraction of sp³-hybridized carbons (Fsp3) is 1.00. The molecule has 25 unspecified atom stereocenters. The summed E-state index contributed by atoms with van der Waals surface area (Å²) in [4.78, 5) is 0. The molecule has 5 fully saturated rings. The second-order valence-corrected chi connectivity index (χ2v) is 14.0. The van der Waals surface area contributed by atoms with Gasteiger partial charge in [-0.3, -0.25) is 0 Å². The van der Waals surface area contributed by atoms with Gasteiger partial charge in [-0.05, 0) is 0 Å². The van der Waals surface area contributed by atoms with E-state index in [2.05, 4.69) is 0 Å². The Kier molecular flexibility index (Phi) is 16.1. The van der Waals surface area contributed by atoms with E-state index in [-0.39, 0.29) is 0 Å². The molecule has 5 heterocycles. The van der Waals surface area contributed by atoms with Crippen molar-refractivity contribution in [3.63, 3.8) is 0 Å². The molecule has 0 spiro atoms. The summed E-state index contributed by atoms with van der Waals surface area (Å²) in [5.41, 5.74) is 0. The Bertz CT molecular complexity index is 1200. The van der Waals surface area contributed by atoms with Crippen molar-refractivity contribution in [2.45, 2.75) is 154 Å². The van der Waals surface area contributed by atoms with Crippen molar-refractivity contribution in [1.82, 2.24) is 0 Å². The molecule has 56 heavy (non-hydrogen) atoms. The van der Waals surface area contributed by atoms with Crippen molar-refractivity contribution in [3.05, 3.63) is 0 Å². The number of hydrogen-bond acceptors (Lipinski definition) is 26. The van der Waals surface area contributed by atoms with Gasteiger partial charge in [0, 0.05) is 0 Å². The van der Waals surface area contributed by atoms with Gasteiger partial charge in [-0.1, -0.05) is 0 Å². The summed E-state index contributed by atoms with van der Waals surface area (Å²) in [5, 5.41) is 177. The zero-order chi connectivity index (χ0) is 41.3. The second-order valence-electron chi connectivity index (χ2n) is 14.0. The van der Waals surface area contributed by atoms with Crippen LogP contribution < -0.4 is 0 Å². The lowest BCUT2D eigenvalue weighted by Gasteiger charge is -2.49. The van der Waals surface area contributed by atoms with E-state index in [4.69, 9.17) is 42.6 Å². The molecule has 0 amide bonds. The number of aliphatic hydroxyl groups excluding tert-OH is 17. The highest BCUT2D eigenvalue weighted by molar-refractivity contribution is 4.98. The van der Waals surface area contributed by atoms with Gasteiger partial charge in [0.25, 0.3) is 0 Å². The lowest BCUT2D eigenvalue weighted by molar-refractivity contribution is -0.401. The average molecular weight is 829 g/mol. The molecule has 26 heteroatoms. The molecular formula is C30H52O26. The maximum absolute atomic E-state index is 11.4. The van der Waals surface area contributed by atoms with E-state index < -0.39 is 187 Å². The summed E-state index contributed by atoms with van der Waals surface area (Å²) >= 11 is 0. The van der Waals surface area contributed by atoms with Crippen LogP contribution in [0.1, 0.15) is 0 Å². The third-order valence-corrected chi connectivity index (χ3v) is 10.3.